The molecule has 0 radical (unpaired) electrons. The van der Waals surface area contributed by atoms with Gasteiger partial charge in [-0.05, 0) is 43.3 Å². The molecule has 0 aliphatic rings. The molecule has 0 fully saturated rings. The maximum Gasteiger partial charge on any atom is 0.274 e. The van der Waals surface area contributed by atoms with Gasteiger partial charge in [-0.2, -0.15) is 0 Å². The van der Waals surface area contributed by atoms with Gasteiger partial charge in [0, 0.05) is 23.3 Å². The Kier molecular flexibility index (Phi) is 5.29. The van der Waals surface area contributed by atoms with Crippen LogP contribution in [0, 0.1) is 0 Å². The first-order valence-electron chi connectivity index (χ1n) is 9.20. The standard InChI is InChI=1S/C22H19N5O2/c1-2-29-17-10-8-16(9-11-17)26-20-13-19(24-14-25-20)22(28)27-18-7-3-5-15-6-4-12-23-21(15)18/h3-14H,2H2,1H3,(H,27,28)(H,24,25,26). The quantitative estimate of drug-likeness (QED) is 0.511. The number of amides is 1. The summed E-state index contributed by atoms with van der Waals surface area (Å²) in [5.41, 5.74) is 2.44. The van der Waals surface area contributed by atoms with Crippen molar-refractivity contribution in [2.24, 2.45) is 0 Å². The largest absolute Gasteiger partial charge is 0.494 e. The van der Waals surface area contributed by atoms with Crippen LogP contribution in [-0.4, -0.2) is 27.5 Å². The molecule has 1 amide bonds. The van der Waals surface area contributed by atoms with Crippen molar-refractivity contribution in [1.29, 1.82) is 0 Å². The molecule has 2 heterocycles. The number of para-hydroxylation sites is 1. The number of carbonyl (C=O) groups excluding carboxylic acids is 1. The molecular weight excluding hydrogens is 366 g/mol. The van der Waals surface area contributed by atoms with Crippen LogP contribution in [0.15, 0.2) is 73.2 Å². The summed E-state index contributed by atoms with van der Waals surface area (Å²) in [5, 5.41) is 6.99. The molecule has 0 saturated heterocycles. The Morgan fingerprint density at radius 1 is 1.00 bits per heavy atom. The van der Waals surface area contributed by atoms with Gasteiger partial charge in [0.05, 0.1) is 17.8 Å². The van der Waals surface area contributed by atoms with Crippen molar-refractivity contribution in [1.82, 2.24) is 15.0 Å². The smallest absolute Gasteiger partial charge is 0.274 e. The minimum Gasteiger partial charge on any atom is -0.494 e. The van der Waals surface area contributed by atoms with Crippen LogP contribution in [0.4, 0.5) is 17.2 Å². The maximum atomic E-state index is 12.7. The number of anilines is 3. The second-order valence-electron chi connectivity index (χ2n) is 6.21. The fourth-order valence-corrected chi connectivity index (χ4v) is 2.89. The average molecular weight is 385 g/mol. The van der Waals surface area contributed by atoms with E-state index in [0.717, 1.165) is 22.3 Å². The minimum absolute atomic E-state index is 0.251. The number of fused-ring (bicyclic) bond motifs is 1. The number of hydrogen-bond donors (Lipinski definition) is 2. The molecule has 144 valence electrons. The van der Waals surface area contributed by atoms with Crippen molar-refractivity contribution < 1.29 is 9.53 Å². The molecule has 7 nitrogen and oxygen atoms in total. The highest BCUT2D eigenvalue weighted by atomic mass is 16.5. The predicted octanol–water partition coefficient (Wildman–Crippen LogP) is 4.42. The lowest BCUT2D eigenvalue weighted by molar-refractivity contribution is 0.102. The lowest BCUT2D eigenvalue weighted by atomic mass is 10.2. The van der Waals surface area contributed by atoms with E-state index in [1.165, 1.54) is 6.33 Å². The van der Waals surface area contributed by atoms with Crippen molar-refractivity contribution in [2.75, 3.05) is 17.2 Å². The van der Waals surface area contributed by atoms with Gasteiger partial charge in [0.15, 0.2) is 0 Å². The molecule has 7 heteroatoms. The molecular formula is C22H19N5O2. The van der Waals surface area contributed by atoms with Gasteiger partial charge in [-0.1, -0.05) is 18.2 Å². The lowest BCUT2D eigenvalue weighted by Gasteiger charge is -2.10. The third kappa shape index (κ3) is 4.30. The van der Waals surface area contributed by atoms with Crippen LogP contribution < -0.4 is 15.4 Å². The van der Waals surface area contributed by atoms with E-state index in [2.05, 4.69) is 25.6 Å². The minimum atomic E-state index is -0.333. The van der Waals surface area contributed by atoms with E-state index in [1.807, 2.05) is 61.5 Å². The van der Waals surface area contributed by atoms with Gasteiger partial charge in [0.2, 0.25) is 0 Å². The Hall–Kier alpha value is -4.00. The summed E-state index contributed by atoms with van der Waals surface area (Å²) < 4.78 is 5.44. The van der Waals surface area contributed by atoms with E-state index >= 15 is 0 Å². The number of carbonyl (C=O) groups is 1. The van der Waals surface area contributed by atoms with Crippen molar-refractivity contribution >= 4 is 34.0 Å². The van der Waals surface area contributed by atoms with Crippen LogP contribution in [-0.2, 0) is 0 Å². The topological polar surface area (TPSA) is 89.0 Å². The molecule has 2 aromatic carbocycles. The predicted molar refractivity (Wildman–Crippen MR) is 113 cm³/mol. The highest BCUT2D eigenvalue weighted by molar-refractivity contribution is 6.07. The Morgan fingerprint density at radius 3 is 2.66 bits per heavy atom. The van der Waals surface area contributed by atoms with E-state index in [-0.39, 0.29) is 11.6 Å². The summed E-state index contributed by atoms with van der Waals surface area (Å²) >= 11 is 0. The Morgan fingerprint density at radius 2 is 1.83 bits per heavy atom. The first-order valence-corrected chi connectivity index (χ1v) is 9.20. The first kappa shape index (κ1) is 18.4. The molecule has 0 atom stereocenters. The molecule has 0 aliphatic carbocycles. The number of ether oxygens (including phenoxy) is 1. The molecule has 4 aromatic rings. The number of nitrogens with zero attached hydrogens (tertiary/aromatic N) is 3. The van der Waals surface area contributed by atoms with Gasteiger partial charge in [-0.3, -0.25) is 9.78 Å². The van der Waals surface area contributed by atoms with Gasteiger partial charge in [0.25, 0.3) is 5.91 Å². The zero-order chi connectivity index (χ0) is 20.1. The summed E-state index contributed by atoms with van der Waals surface area (Å²) in [6.07, 6.45) is 3.05. The molecule has 2 N–H and O–H groups in total. The van der Waals surface area contributed by atoms with Crippen molar-refractivity contribution in [2.45, 2.75) is 6.92 Å². The van der Waals surface area contributed by atoms with Gasteiger partial charge in [0.1, 0.15) is 23.6 Å². The van der Waals surface area contributed by atoms with E-state index < -0.39 is 0 Å². The van der Waals surface area contributed by atoms with E-state index in [9.17, 15) is 4.79 Å². The van der Waals surface area contributed by atoms with Crippen LogP contribution in [0.1, 0.15) is 17.4 Å². The summed E-state index contributed by atoms with van der Waals surface area (Å²) in [6, 6.07) is 18.5. The number of rotatable bonds is 6. The molecule has 0 aliphatic heterocycles. The van der Waals surface area contributed by atoms with Gasteiger partial charge in [-0.25, -0.2) is 9.97 Å². The number of nitrogens with one attached hydrogen (secondary N) is 2. The van der Waals surface area contributed by atoms with Crippen molar-refractivity contribution in [3.05, 3.63) is 78.9 Å². The number of hydrogen-bond acceptors (Lipinski definition) is 6. The van der Waals surface area contributed by atoms with Gasteiger partial charge < -0.3 is 15.4 Å². The zero-order valence-corrected chi connectivity index (χ0v) is 15.8. The number of aromatic nitrogens is 3. The fraction of sp³-hybridized carbons (Fsp3) is 0.0909. The molecule has 4 rings (SSSR count). The SMILES string of the molecule is CCOc1ccc(Nc2cc(C(=O)Nc3cccc4cccnc34)ncn2)cc1. The van der Waals surface area contributed by atoms with Crippen LogP contribution in [0.25, 0.3) is 10.9 Å². The average Bonchev–Trinajstić information content (AvgIpc) is 2.76. The maximum absolute atomic E-state index is 12.7. The molecule has 0 bridgehead atoms. The second-order valence-corrected chi connectivity index (χ2v) is 6.21. The Bertz CT molecular complexity index is 1140. The van der Waals surface area contributed by atoms with Crippen LogP contribution >= 0.6 is 0 Å². The Balaban J connectivity index is 1.51. The van der Waals surface area contributed by atoms with Gasteiger partial charge >= 0.3 is 0 Å². The summed E-state index contributed by atoms with van der Waals surface area (Å²) in [5.74, 6) is 0.982. The molecule has 0 spiro atoms. The lowest BCUT2D eigenvalue weighted by Crippen LogP contribution is -2.14. The fourth-order valence-electron chi connectivity index (χ4n) is 2.89. The van der Waals surface area contributed by atoms with Crippen LogP contribution in [0.5, 0.6) is 5.75 Å². The zero-order valence-electron chi connectivity index (χ0n) is 15.8. The third-order valence-electron chi connectivity index (χ3n) is 4.22. The summed E-state index contributed by atoms with van der Waals surface area (Å²) in [7, 11) is 0. The van der Waals surface area contributed by atoms with Crippen LogP contribution in [0.2, 0.25) is 0 Å². The van der Waals surface area contributed by atoms with Crippen molar-refractivity contribution in [3.8, 4) is 5.75 Å². The number of benzene rings is 2. The molecule has 0 unspecified atom stereocenters. The number of pyridine rings is 1. The van der Waals surface area contributed by atoms with Gasteiger partial charge in [-0.15, -0.1) is 0 Å². The monoisotopic (exact) mass is 385 g/mol. The molecule has 2 aromatic heterocycles. The van der Waals surface area contributed by atoms with Crippen LogP contribution in [0.3, 0.4) is 0 Å². The first-order chi connectivity index (χ1) is 14.2. The normalized spacial score (nSPS) is 10.5. The Labute approximate surface area is 167 Å². The van der Waals surface area contributed by atoms with E-state index in [1.54, 1.807) is 12.3 Å². The second kappa shape index (κ2) is 8.35. The highest BCUT2D eigenvalue weighted by Crippen LogP contribution is 2.22. The van der Waals surface area contributed by atoms with E-state index in [4.69, 9.17) is 4.74 Å². The van der Waals surface area contributed by atoms with Crippen molar-refractivity contribution in [3.63, 3.8) is 0 Å². The molecule has 0 saturated carbocycles. The van der Waals surface area contributed by atoms with E-state index in [0.29, 0.717) is 18.1 Å². The summed E-state index contributed by atoms with van der Waals surface area (Å²) in [4.78, 5) is 25.3. The highest BCUT2D eigenvalue weighted by Gasteiger charge is 2.11. The third-order valence-corrected chi connectivity index (χ3v) is 4.22. The molecule has 29 heavy (non-hydrogen) atoms. The summed E-state index contributed by atoms with van der Waals surface area (Å²) in [6.45, 7) is 2.55.